The first-order chi connectivity index (χ1) is 8.70. The third-order valence-corrected chi connectivity index (χ3v) is 3.09. The topological polar surface area (TPSA) is 35.0 Å². The second-order valence-corrected chi connectivity index (χ2v) is 4.52. The number of aromatic nitrogens is 2. The number of para-hydroxylation sites is 1. The van der Waals surface area contributed by atoms with Gasteiger partial charge in [-0.15, -0.1) is 0 Å². The number of halogens is 1. The van der Waals surface area contributed by atoms with Gasteiger partial charge in [0.1, 0.15) is 17.2 Å². The molecule has 0 aliphatic carbocycles. The van der Waals surface area contributed by atoms with Gasteiger partial charge in [-0.25, -0.2) is 9.97 Å². The van der Waals surface area contributed by atoms with Gasteiger partial charge < -0.3 is 4.74 Å². The molecule has 0 saturated heterocycles. The highest BCUT2D eigenvalue weighted by molar-refractivity contribution is 6.29. The van der Waals surface area contributed by atoms with Gasteiger partial charge in [-0.05, 0) is 24.0 Å². The van der Waals surface area contributed by atoms with E-state index in [0.29, 0.717) is 17.0 Å². The summed E-state index contributed by atoms with van der Waals surface area (Å²) < 4.78 is 5.78. The fourth-order valence-corrected chi connectivity index (χ4v) is 1.82. The molecule has 2 aromatic rings. The Labute approximate surface area is 112 Å². The predicted octanol–water partition coefficient (Wildman–Crippen LogP) is 4.44. The van der Waals surface area contributed by atoms with E-state index in [1.54, 1.807) is 6.07 Å². The largest absolute Gasteiger partial charge is 0.439 e. The van der Waals surface area contributed by atoms with Crippen LogP contribution >= 0.6 is 11.6 Å². The fourth-order valence-electron chi connectivity index (χ4n) is 1.69. The van der Waals surface area contributed by atoms with Gasteiger partial charge in [0.05, 0.1) is 0 Å². The van der Waals surface area contributed by atoms with E-state index in [4.69, 9.17) is 16.3 Å². The summed E-state index contributed by atoms with van der Waals surface area (Å²) in [6.45, 7) is 4.33. The zero-order chi connectivity index (χ0) is 13.0. The Kier molecular flexibility index (Phi) is 4.15. The van der Waals surface area contributed by atoms with E-state index in [1.165, 1.54) is 11.9 Å². The summed E-state index contributed by atoms with van der Waals surface area (Å²) in [7, 11) is 0. The van der Waals surface area contributed by atoms with Gasteiger partial charge >= 0.3 is 0 Å². The number of rotatable bonds is 4. The van der Waals surface area contributed by atoms with Gasteiger partial charge in [0.25, 0.3) is 0 Å². The molecule has 1 atom stereocenters. The lowest BCUT2D eigenvalue weighted by Gasteiger charge is -2.14. The van der Waals surface area contributed by atoms with Crippen LogP contribution in [0.1, 0.15) is 31.7 Å². The highest BCUT2D eigenvalue weighted by Crippen LogP contribution is 2.31. The Hall–Kier alpha value is -1.61. The molecule has 2 rings (SSSR count). The first kappa shape index (κ1) is 12.8. The van der Waals surface area contributed by atoms with Crippen LogP contribution in [0, 0.1) is 0 Å². The zero-order valence-electron chi connectivity index (χ0n) is 10.4. The molecule has 18 heavy (non-hydrogen) atoms. The lowest BCUT2D eigenvalue weighted by atomic mass is 9.98. The van der Waals surface area contributed by atoms with E-state index in [9.17, 15) is 0 Å². The summed E-state index contributed by atoms with van der Waals surface area (Å²) in [6.07, 6.45) is 2.45. The zero-order valence-corrected chi connectivity index (χ0v) is 11.2. The third-order valence-electron chi connectivity index (χ3n) is 2.89. The summed E-state index contributed by atoms with van der Waals surface area (Å²) >= 11 is 5.81. The number of hydrogen-bond donors (Lipinski definition) is 0. The van der Waals surface area contributed by atoms with Crippen LogP contribution < -0.4 is 4.74 Å². The predicted molar refractivity (Wildman–Crippen MR) is 72.3 cm³/mol. The quantitative estimate of drug-likeness (QED) is 0.764. The van der Waals surface area contributed by atoms with Crippen molar-refractivity contribution in [3.63, 3.8) is 0 Å². The van der Waals surface area contributed by atoms with Crippen molar-refractivity contribution in [1.29, 1.82) is 0 Å². The Morgan fingerprint density at radius 1 is 1.28 bits per heavy atom. The minimum Gasteiger partial charge on any atom is -0.439 e. The molecule has 0 radical (unpaired) electrons. The standard InChI is InChI=1S/C14H15ClN2O/c1-3-10(2)11-6-4-5-7-12(11)18-14-8-13(15)16-9-17-14/h4-10H,3H2,1-2H3. The van der Waals surface area contributed by atoms with Crippen molar-refractivity contribution in [2.75, 3.05) is 0 Å². The lowest BCUT2D eigenvalue weighted by molar-refractivity contribution is 0.451. The molecule has 0 aliphatic heterocycles. The molecule has 1 aromatic carbocycles. The van der Waals surface area contributed by atoms with E-state index in [-0.39, 0.29) is 0 Å². The Morgan fingerprint density at radius 2 is 2.06 bits per heavy atom. The van der Waals surface area contributed by atoms with Crippen LogP contribution in [-0.4, -0.2) is 9.97 Å². The van der Waals surface area contributed by atoms with Gasteiger partial charge in [0.15, 0.2) is 0 Å². The lowest BCUT2D eigenvalue weighted by Crippen LogP contribution is -1.97. The molecule has 0 spiro atoms. The maximum Gasteiger partial charge on any atom is 0.223 e. The van der Waals surface area contributed by atoms with Crippen molar-refractivity contribution in [1.82, 2.24) is 9.97 Å². The Bertz CT molecular complexity index is 531. The van der Waals surface area contributed by atoms with Crippen molar-refractivity contribution >= 4 is 11.6 Å². The highest BCUT2D eigenvalue weighted by Gasteiger charge is 2.10. The van der Waals surface area contributed by atoms with E-state index in [2.05, 4.69) is 29.9 Å². The van der Waals surface area contributed by atoms with Crippen LogP contribution in [0.5, 0.6) is 11.6 Å². The smallest absolute Gasteiger partial charge is 0.223 e. The molecular formula is C14H15ClN2O. The summed E-state index contributed by atoms with van der Waals surface area (Å²) in [5.74, 6) is 1.73. The van der Waals surface area contributed by atoms with E-state index >= 15 is 0 Å². The second-order valence-electron chi connectivity index (χ2n) is 4.13. The SMILES string of the molecule is CCC(C)c1ccccc1Oc1cc(Cl)ncn1. The van der Waals surface area contributed by atoms with E-state index < -0.39 is 0 Å². The highest BCUT2D eigenvalue weighted by atomic mass is 35.5. The Balaban J connectivity index is 2.29. The van der Waals surface area contributed by atoms with Crippen LogP contribution in [0.3, 0.4) is 0 Å². The minimum atomic E-state index is 0.376. The summed E-state index contributed by atoms with van der Waals surface area (Å²) in [4.78, 5) is 7.87. The molecule has 4 heteroatoms. The summed E-state index contributed by atoms with van der Waals surface area (Å²) in [5, 5.41) is 0.376. The van der Waals surface area contributed by atoms with Gasteiger partial charge in [-0.1, -0.05) is 43.6 Å². The minimum absolute atomic E-state index is 0.376. The van der Waals surface area contributed by atoms with Crippen LogP contribution in [0.2, 0.25) is 5.15 Å². The number of nitrogens with zero attached hydrogens (tertiary/aromatic N) is 2. The average molecular weight is 263 g/mol. The van der Waals surface area contributed by atoms with Crippen LogP contribution in [-0.2, 0) is 0 Å². The number of ether oxygens (including phenoxy) is 1. The molecule has 0 aliphatic rings. The average Bonchev–Trinajstić information content (AvgIpc) is 2.38. The molecule has 0 N–H and O–H groups in total. The van der Waals surface area contributed by atoms with Crippen LogP contribution in [0.25, 0.3) is 0 Å². The maximum absolute atomic E-state index is 5.81. The fraction of sp³-hybridized carbons (Fsp3) is 0.286. The molecule has 94 valence electrons. The first-order valence-corrected chi connectivity index (χ1v) is 6.32. The van der Waals surface area contributed by atoms with Gasteiger partial charge in [0, 0.05) is 6.07 Å². The molecule has 1 aromatic heterocycles. The van der Waals surface area contributed by atoms with Crippen molar-refractivity contribution in [3.8, 4) is 11.6 Å². The first-order valence-electron chi connectivity index (χ1n) is 5.95. The van der Waals surface area contributed by atoms with Gasteiger partial charge in [-0.2, -0.15) is 0 Å². The number of benzene rings is 1. The van der Waals surface area contributed by atoms with Gasteiger partial charge in [0.2, 0.25) is 5.88 Å². The molecule has 0 saturated carbocycles. The van der Waals surface area contributed by atoms with Crippen molar-refractivity contribution < 1.29 is 4.74 Å². The molecule has 0 fully saturated rings. The van der Waals surface area contributed by atoms with Crippen molar-refractivity contribution in [2.45, 2.75) is 26.2 Å². The van der Waals surface area contributed by atoms with Crippen LogP contribution in [0.4, 0.5) is 0 Å². The molecule has 1 unspecified atom stereocenters. The van der Waals surface area contributed by atoms with E-state index in [0.717, 1.165) is 12.2 Å². The summed E-state index contributed by atoms with van der Waals surface area (Å²) in [5.41, 5.74) is 1.18. The van der Waals surface area contributed by atoms with E-state index in [1.807, 2.05) is 18.2 Å². The van der Waals surface area contributed by atoms with Crippen molar-refractivity contribution in [3.05, 3.63) is 47.4 Å². The van der Waals surface area contributed by atoms with Gasteiger partial charge in [-0.3, -0.25) is 0 Å². The molecule has 3 nitrogen and oxygen atoms in total. The molecule has 1 heterocycles. The maximum atomic E-state index is 5.81. The third kappa shape index (κ3) is 2.99. The summed E-state index contributed by atoms with van der Waals surface area (Å²) in [6, 6.07) is 9.59. The van der Waals surface area contributed by atoms with Crippen LogP contribution in [0.15, 0.2) is 36.7 Å². The second kappa shape index (κ2) is 5.83. The molecule has 0 bridgehead atoms. The Morgan fingerprint density at radius 3 is 2.78 bits per heavy atom. The monoisotopic (exact) mass is 262 g/mol. The normalized spacial score (nSPS) is 12.2. The van der Waals surface area contributed by atoms with Crippen molar-refractivity contribution in [2.24, 2.45) is 0 Å². The molecule has 0 amide bonds. The molecular weight excluding hydrogens is 248 g/mol. The number of hydrogen-bond acceptors (Lipinski definition) is 3.